The molecule has 636 valence electrons. The molecule has 0 spiro atoms. The minimum absolute atomic E-state index is 0.220. The van der Waals surface area contributed by atoms with Gasteiger partial charge in [0.25, 0.3) is 0 Å². The summed E-state index contributed by atoms with van der Waals surface area (Å²) in [7, 11) is 0. The van der Waals surface area contributed by atoms with E-state index in [1.54, 1.807) is 68.3 Å². The van der Waals surface area contributed by atoms with Gasteiger partial charge in [0.2, 0.25) is 0 Å². The zero-order chi connectivity index (χ0) is 84.5. The molecule has 0 aromatic carbocycles. The van der Waals surface area contributed by atoms with Crippen molar-refractivity contribution in [1.29, 1.82) is 0 Å². The minimum atomic E-state index is -0.851. The summed E-state index contributed by atoms with van der Waals surface area (Å²) >= 11 is 0. The van der Waals surface area contributed by atoms with Gasteiger partial charge in [-0.05, 0) is 98.3 Å². The second-order valence-electron chi connectivity index (χ2n) is 34.3. The lowest BCUT2D eigenvalue weighted by Crippen LogP contribution is -2.21. The molecule has 4 aliphatic carbocycles. The average molecular weight is 1660 g/mol. The second kappa shape index (κ2) is 35.1. The highest BCUT2D eigenvalue weighted by molar-refractivity contribution is 5.81. The predicted molar refractivity (Wildman–Crippen MR) is 452 cm³/mol. The SMILES string of the molecule is CC1(C)CCC[C@@H]1n1cc(-c2nc(-c3cnn(C[C@@H](O)CO)c3)cn3nccc23)cn1.CC1(C)CCC[C@H]1n1cc(-c2nc(-c3cnn(C[C@@H](O)CO)c3)cn3nccc23)cn1.C[C@@H]1CCC[C@@H]1n1cc(-c2nc(-c3cnn(C[C@@H](O)CO)c3)cn3nccc23)cn1.C[C@H]1CCC[C@H]1n1cc(-c2nc(-c3cnn(C[C@@H](O)CO)c3)cn3nccc23)cn1. The highest BCUT2D eigenvalue weighted by Crippen LogP contribution is 2.48. The van der Waals surface area contributed by atoms with Crippen molar-refractivity contribution in [1.82, 2.24) is 137 Å². The minimum Gasteiger partial charge on any atom is -0.394 e. The van der Waals surface area contributed by atoms with Crippen molar-refractivity contribution in [3.63, 3.8) is 0 Å². The van der Waals surface area contributed by atoms with Gasteiger partial charge in [-0.1, -0.05) is 67.2 Å². The number of nitrogens with zero attached hydrogens (tertiary/aromatic N) is 28. The molecule has 16 aromatic rings. The molecule has 0 saturated heterocycles. The molecule has 10 atom stereocenters. The summed E-state index contributed by atoms with van der Waals surface area (Å²) in [6.45, 7) is 13.5. The topological polar surface area (TPSA) is 425 Å². The maximum atomic E-state index is 9.68. The van der Waals surface area contributed by atoms with E-state index in [0.717, 1.165) is 138 Å². The molecule has 16 aromatic heterocycles. The van der Waals surface area contributed by atoms with E-state index in [0.29, 0.717) is 36.0 Å². The Morgan fingerprint density at radius 2 is 0.574 bits per heavy atom. The fourth-order valence-corrected chi connectivity index (χ4v) is 17.8. The predicted octanol–water partition coefficient (Wildman–Crippen LogP) is 9.46. The van der Waals surface area contributed by atoms with Crippen LogP contribution in [0.2, 0.25) is 0 Å². The Labute approximate surface area is 701 Å². The Morgan fingerprint density at radius 3 is 0.820 bits per heavy atom. The van der Waals surface area contributed by atoms with Crippen LogP contribution < -0.4 is 0 Å². The molecule has 8 N–H and O–H groups in total. The zero-order valence-electron chi connectivity index (χ0n) is 69.2. The molecule has 0 unspecified atom stereocenters. The molecule has 4 saturated carbocycles. The maximum Gasteiger partial charge on any atom is 0.0999 e. The van der Waals surface area contributed by atoms with Crippen LogP contribution in [0.1, 0.15) is 143 Å². The van der Waals surface area contributed by atoms with Crippen LogP contribution in [0.4, 0.5) is 0 Å². The number of hydrogen-bond acceptors (Lipinski definition) is 24. The first-order valence-electron chi connectivity index (χ1n) is 42.0. The van der Waals surface area contributed by atoms with E-state index in [1.807, 2.05) is 117 Å². The Hall–Kier alpha value is -12.2. The molecule has 4 fully saturated rings. The van der Waals surface area contributed by atoms with Gasteiger partial charge >= 0.3 is 0 Å². The average Bonchev–Trinajstić information content (AvgIpc) is 1.63. The zero-order valence-corrected chi connectivity index (χ0v) is 69.2. The number of aliphatic hydroxyl groups excluding tert-OH is 8. The highest BCUT2D eigenvalue weighted by Gasteiger charge is 2.38. The summed E-state index contributed by atoms with van der Waals surface area (Å²) in [6, 6.07) is 9.46. The van der Waals surface area contributed by atoms with Crippen LogP contribution in [-0.4, -0.2) is 228 Å². The van der Waals surface area contributed by atoms with E-state index in [-0.39, 0.29) is 63.4 Å². The summed E-state index contributed by atoms with van der Waals surface area (Å²) < 4.78 is 22.0. The van der Waals surface area contributed by atoms with E-state index in [1.165, 1.54) is 51.4 Å². The van der Waals surface area contributed by atoms with Crippen LogP contribution in [0, 0.1) is 22.7 Å². The van der Waals surface area contributed by atoms with E-state index < -0.39 is 24.4 Å². The third-order valence-electron chi connectivity index (χ3n) is 24.6. The van der Waals surface area contributed by atoms with Crippen LogP contribution >= 0.6 is 0 Å². The van der Waals surface area contributed by atoms with Crippen LogP contribution in [0.5, 0.6) is 0 Å². The second-order valence-corrected chi connectivity index (χ2v) is 34.3. The molecular weight excluding hydrogens is 1550 g/mol. The van der Waals surface area contributed by atoms with Gasteiger partial charge in [0.1, 0.15) is 0 Å². The first kappa shape index (κ1) is 82.2. The number of aromatic nitrogens is 28. The summed E-state index contributed by atoms with van der Waals surface area (Å²) in [4.78, 5) is 19.7. The summed E-state index contributed by atoms with van der Waals surface area (Å²) in [5.41, 5.74) is 17.4. The molecule has 0 bridgehead atoms. The maximum absolute atomic E-state index is 9.68. The molecule has 36 nitrogen and oxygen atoms in total. The van der Waals surface area contributed by atoms with Gasteiger partial charge in [-0.15, -0.1) is 0 Å². The summed E-state index contributed by atoms with van der Waals surface area (Å²) in [6.07, 6.45) is 55.5. The molecule has 16 heterocycles. The molecule has 122 heavy (non-hydrogen) atoms. The third-order valence-corrected chi connectivity index (χ3v) is 24.6. The first-order chi connectivity index (χ1) is 59.1. The summed E-state index contributed by atoms with van der Waals surface area (Å²) in [5, 5.41) is 128. The van der Waals surface area contributed by atoms with E-state index >= 15 is 0 Å². The summed E-state index contributed by atoms with van der Waals surface area (Å²) in [5.74, 6) is 1.26. The van der Waals surface area contributed by atoms with Crippen molar-refractivity contribution in [2.45, 2.75) is 193 Å². The monoisotopic (exact) mass is 1660 g/mol. The molecule has 0 radical (unpaired) electrons. The van der Waals surface area contributed by atoms with Gasteiger partial charge in [0, 0.05) is 94.1 Å². The largest absolute Gasteiger partial charge is 0.394 e. The molecule has 0 amide bonds. The van der Waals surface area contributed by atoms with Crippen molar-refractivity contribution in [2.24, 2.45) is 22.7 Å². The fraction of sp³-hybridized carbons (Fsp3) is 0.442. The Morgan fingerprint density at radius 1 is 0.311 bits per heavy atom. The first-order valence-corrected chi connectivity index (χ1v) is 42.0. The van der Waals surface area contributed by atoms with Gasteiger partial charge in [-0.25, -0.2) is 38.0 Å². The van der Waals surface area contributed by atoms with Crippen molar-refractivity contribution < 1.29 is 40.9 Å². The smallest absolute Gasteiger partial charge is 0.0999 e. The van der Waals surface area contributed by atoms with Gasteiger partial charge in [-0.2, -0.15) is 61.2 Å². The number of fused-ring (bicyclic) bond motifs is 4. The standard InChI is InChI=1S/2C22H27N7O2.2C21H25N7O2/c2*1-22(2)6-3-4-20(22)29-11-16(9-25-29)21-19-5-7-23-28(19)13-18(26-21)15-8-24-27(10-15)12-17(31)14-30;2*1-14-3-2-4-19(14)27-10-16(8-24-27)21-20-5-6-22-28(20)12-18(25-21)15-7-23-26(9-15)11-17(30)13-29/h2*5,7-11,13,17,20,30-31H,3-4,6,12,14H2,1-2H3;2*5-10,12,14,17,19,29-30H,2-4,11,13H2,1H3/t17-,20+;17-,20-;14-,17+,19+;14-,17-,19+/m1101/s1. The number of hydrogen-bond donors (Lipinski definition) is 8. The quantitative estimate of drug-likeness (QED) is 0.0279. The van der Waals surface area contributed by atoms with Crippen LogP contribution in [0.3, 0.4) is 0 Å². The molecule has 0 aliphatic heterocycles. The molecular formula is C86H104N28O8. The lowest BCUT2D eigenvalue weighted by atomic mass is 9.87. The van der Waals surface area contributed by atoms with Gasteiger partial charge in [-0.3, -0.25) is 37.5 Å². The fourth-order valence-electron chi connectivity index (χ4n) is 17.8. The Bertz CT molecular complexity index is 5850. The van der Waals surface area contributed by atoms with Crippen molar-refractivity contribution in [2.75, 3.05) is 26.4 Å². The van der Waals surface area contributed by atoms with Crippen molar-refractivity contribution in [3.05, 3.63) is 173 Å². The third kappa shape index (κ3) is 17.4. The number of rotatable bonds is 24. The Kier molecular flexibility index (Phi) is 23.7. The number of aliphatic hydroxyl groups is 8. The van der Waals surface area contributed by atoms with E-state index in [2.05, 4.69) is 146 Å². The molecule has 4 aliphatic rings. The van der Waals surface area contributed by atoms with Crippen LogP contribution in [0.25, 0.3) is 112 Å². The van der Waals surface area contributed by atoms with Crippen molar-refractivity contribution in [3.8, 4) is 90.1 Å². The van der Waals surface area contributed by atoms with E-state index in [9.17, 15) is 20.4 Å². The van der Waals surface area contributed by atoms with Gasteiger partial charge in [0.15, 0.2) is 0 Å². The van der Waals surface area contributed by atoms with Crippen molar-refractivity contribution >= 4 is 22.1 Å². The Balaban J connectivity index is 0.000000116. The lowest BCUT2D eigenvalue weighted by Gasteiger charge is -2.27. The van der Waals surface area contributed by atoms with E-state index in [4.69, 9.17) is 40.4 Å². The van der Waals surface area contributed by atoms with Crippen LogP contribution in [0.15, 0.2) is 173 Å². The molecule has 20 rings (SSSR count). The molecule has 36 heteroatoms. The van der Waals surface area contributed by atoms with Crippen LogP contribution in [-0.2, 0) is 26.2 Å². The normalized spacial score (nSPS) is 19.8. The highest BCUT2D eigenvalue weighted by atomic mass is 16.3. The van der Waals surface area contributed by atoms with Gasteiger partial charge in [0.05, 0.1) is 268 Å². The lowest BCUT2D eigenvalue weighted by molar-refractivity contribution is 0.0782. The van der Waals surface area contributed by atoms with Gasteiger partial charge < -0.3 is 40.9 Å².